The van der Waals surface area contributed by atoms with Gasteiger partial charge in [0.15, 0.2) is 0 Å². The molecule has 19 heavy (non-hydrogen) atoms. The van der Waals surface area contributed by atoms with Crippen molar-refractivity contribution in [3.8, 4) is 0 Å². The molecule has 0 bridgehead atoms. The second kappa shape index (κ2) is 9.60. The molecule has 0 heterocycles. The minimum atomic E-state index is 0.106. The van der Waals surface area contributed by atoms with Crippen LogP contribution in [-0.2, 0) is 11.2 Å². The Hall–Kier alpha value is -1.31. The highest BCUT2D eigenvalue weighted by atomic mass is 16.1. The van der Waals surface area contributed by atoms with Crippen molar-refractivity contribution in [2.24, 2.45) is 0 Å². The summed E-state index contributed by atoms with van der Waals surface area (Å²) in [6, 6.07) is 8.27. The van der Waals surface area contributed by atoms with E-state index in [-0.39, 0.29) is 5.91 Å². The fourth-order valence-electron chi connectivity index (χ4n) is 2.14. The van der Waals surface area contributed by atoms with E-state index >= 15 is 0 Å². The Balaban J connectivity index is 2.29. The van der Waals surface area contributed by atoms with Gasteiger partial charge >= 0.3 is 0 Å². The van der Waals surface area contributed by atoms with Crippen LogP contribution in [0.25, 0.3) is 0 Å². The summed E-state index contributed by atoms with van der Waals surface area (Å²) in [5, 5.41) is 2.92. The maximum Gasteiger partial charge on any atom is 0.224 e. The Bertz CT molecular complexity index is 356. The van der Waals surface area contributed by atoms with Crippen LogP contribution >= 0.6 is 0 Å². The van der Waals surface area contributed by atoms with Gasteiger partial charge in [0.05, 0.1) is 0 Å². The van der Waals surface area contributed by atoms with E-state index in [1.54, 1.807) is 0 Å². The molecule has 0 atom stereocenters. The Labute approximate surface area is 117 Å². The first-order valence-electron chi connectivity index (χ1n) is 7.65. The summed E-state index contributed by atoms with van der Waals surface area (Å²) in [7, 11) is 0. The van der Waals surface area contributed by atoms with Crippen molar-refractivity contribution in [3.05, 3.63) is 29.8 Å². The first-order chi connectivity index (χ1) is 9.26. The molecule has 1 amide bonds. The molecular formula is C17H27NO. The molecule has 1 aromatic rings. The van der Waals surface area contributed by atoms with Gasteiger partial charge in [0.1, 0.15) is 0 Å². The third-order valence-electron chi connectivity index (χ3n) is 3.28. The molecule has 2 nitrogen and oxygen atoms in total. The molecule has 0 saturated heterocycles. The lowest BCUT2D eigenvalue weighted by Crippen LogP contribution is -2.10. The molecule has 0 radical (unpaired) electrons. The lowest BCUT2D eigenvalue weighted by molar-refractivity contribution is -0.116. The van der Waals surface area contributed by atoms with Crippen LogP contribution in [0.1, 0.15) is 64.4 Å². The van der Waals surface area contributed by atoms with Gasteiger partial charge in [0.25, 0.3) is 0 Å². The smallest absolute Gasteiger partial charge is 0.224 e. The van der Waals surface area contributed by atoms with E-state index in [0.29, 0.717) is 6.42 Å². The first-order valence-corrected chi connectivity index (χ1v) is 7.65. The summed E-state index contributed by atoms with van der Waals surface area (Å²) in [5.41, 5.74) is 2.28. The summed E-state index contributed by atoms with van der Waals surface area (Å²) >= 11 is 0. The van der Waals surface area contributed by atoms with Crippen LogP contribution in [-0.4, -0.2) is 5.91 Å². The first kappa shape index (κ1) is 15.7. The lowest BCUT2D eigenvalue weighted by Gasteiger charge is -2.06. The molecule has 1 aromatic carbocycles. The number of rotatable bonds is 9. The average Bonchev–Trinajstić information content (AvgIpc) is 2.41. The molecule has 0 unspecified atom stereocenters. The van der Waals surface area contributed by atoms with Gasteiger partial charge in [-0.15, -0.1) is 0 Å². The number of aryl methyl sites for hydroxylation is 1. The predicted octanol–water partition coefficient (Wildman–Crippen LogP) is 4.94. The van der Waals surface area contributed by atoms with Crippen LogP contribution in [0.2, 0.25) is 0 Å². The molecule has 2 heteroatoms. The van der Waals surface area contributed by atoms with Gasteiger partial charge in [0.2, 0.25) is 5.91 Å². The van der Waals surface area contributed by atoms with Gasteiger partial charge in [-0.2, -0.15) is 0 Å². The molecule has 0 saturated carbocycles. The van der Waals surface area contributed by atoms with Gasteiger partial charge in [-0.05, 0) is 37.0 Å². The molecule has 1 rings (SSSR count). The molecule has 0 spiro atoms. The molecule has 0 aromatic heterocycles. The lowest BCUT2D eigenvalue weighted by atomic mass is 10.1. The second-order valence-electron chi connectivity index (χ2n) is 5.16. The van der Waals surface area contributed by atoms with Crippen molar-refractivity contribution >= 4 is 11.6 Å². The highest BCUT2D eigenvalue weighted by Gasteiger charge is 2.00. The molecule has 1 N–H and O–H groups in total. The van der Waals surface area contributed by atoms with Gasteiger partial charge < -0.3 is 5.32 Å². The third kappa shape index (κ3) is 7.00. The van der Waals surface area contributed by atoms with Crippen molar-refractivity contribution in [2.75, 3.05) is 5.32 Å². The fraction of sp³-hybridized carbons (Fsp3) is 0.588. The molecule has 0 aliphatic heterocycles. The van der Waals surface area contributed by atoms with E-state index in [2.05, 4.69) is 24.4 Å². The van der Waals surface area contributed by atoms with E-state index in [1.807, 2.05) is 19.1 Å². The van der Waals surface area contributed by atoms with Crippen LogP contribution in [0.3, 0.4) is 0 Å². The summed E-state index contributed by atoms with van der Waals surface area (Å²) in [5.74, 6) is 0.106. The van der Waals surface area contributed by atoms with E-state index in [1.165, 1.54) is 37.7 Å². The highest BCUT2D eigenvalue weighted by Crippen LogP contribution is 2.13. The maximum atomic E-state index is 11.5. The summed E-state index contributed by atoms with van der Waals surface area (Å²) in [6.45, 7) is 4.26. The predicted molar refractivity (Wildman–Crippen MR) is 82.4 cm³/mol. The maximum absolute atomic E-state index is 11.5. The average molecular weight is 261 g/mol. The van der Waals surface area contributed by atoms with Crippen molar-refractivity contribution in [1.29, 1.82) is 0 Å². The summed E-state index contributed by atoms with van der Waals surface area (Å²) in [6.07, 6.45) is 9.22. The monoisotopic (exact) mass is 261 g/mol. The quantitative estimate of drug-likeness (QED) is 0.627. The fourth-order valence-corrected chi connectivity index (χ4v) is 2.14. The summed E-state index contributed by atoms with van der Waals surface area (Å²) < 4.78 is 0. The largest absolute Gasteiger partial charge is 0.326 e. The number of carbonyl (C=O) groups excluding carboxylic acids is 1. The number of hydrogen-bond donors (Lipinski definition) is 1. The van der Waals surface area contributed by atoms with Crippen LogP contribution in [0, 0.1) is 0 Å². The highest BCUT2D eigenvalue weighted by molar-refractivity contribution is 5.90. The topological polar surface area (TPSA) is 29.1 Å². The molecule has 0 aliphatic carbocycles. The van der Waals surface area contributed by atoms with Crippen LogP contribution < -0.4 is 5.32 Å². The number of amides is 1. The van der Waals surface area contributed by atoms with Gasteiger partial charge in [-0.3, -0.25) is 4.79 Å². The van der Waals surface area contributed by atoms with Gasteiger partial charge in [0, 0.05) is 12.1 Å². The van der Waals surface area contributed by atoms with Gasteiger partial charge in [-0.1, -0.05) is 51.7 Å². The number of unbranched alkanes of at least 4 members (excludes halogenated alkanes) is 4. The number of carbonyl (C=O) groups is 1. The number of benzene rings is 1. The van der Waals surface area contributed by atoms with E-state index < -0.39 is 0 Å². The Morgan fingerprint density at radius 2 is 1.63 bits per heavy atom. The third-order valence-corrected chi connectivity index (χ3v) is 3.28. The van der Waals surface area contributed by atoms with E-state index in [9.17, 15) is 4.79 Å². The van der Waals surface area contributed by atoms with Crippen LogP contribution in [0.4, 0.5) is 5.69 Å². The minimum Gasteiger partial charge on any atom is -0.326 e. The zero-order chi connectivity index (χ0) is 13.9. The zero-order valence-electron chi connectivity index (χ0n) is 12.4. The molecule has 0 fully saturated rings. The Morgan fingerprint density at radius 3 is 2.26 bits per heavy atom. The Morgan fingerprint density at radius 1 is 0.947 bits per heavy atom. The summed E-state index contributed by atoms with van der Waals surface area (Å²) in [4.78, 5) is 11.5. The van der Waals surface area contributed by atoms with Crippen LogP contribution in [0.5, 0.6) is 0 Å². The molecule has 106 valence electrons. The SMILES string of the molecule is CCCCCCCc1ccc(NC(=O)CCC)cc1. The van der Waals surface area contributed by atoms with Crippen molar-refractivity contribution < 1.29 is 4.79 Å². The van der Waals surface area contributed by atoms with Crippen LogP contribution in [0.15, 0.2) is 24.3 Å². The van der Waals surface area contributed by atoms with E-state index in [4.69, 9.17) is 0 Å². The van der Waals surface area contributed by atoms with E-state index in [0.717, 1.165) is 18.5 Å². The normalized spacial score (nSPS) is 10.4. The molecular weight excluding hydrogens is 234 g/mol. The zero-order valence-corrected chi connectivity index (χ0v) is 12.4. The van der Waals surface area contributed by atoms with Crippen molar-refractivity contribution in [1.82, 2.24) is 0 Å². The second-order valence-corrected chi connectivity index (χ2v) is 5.16. The number of hydrogen-bond acceptors (Lipinski definition) is 1. The standard InChI is InChI=1S/C17H27NO/c1-3-5-6-7-8-10-15-11-13-16(14-12-15)18-17(19)9-4-2/h11-14H,3-10H2,1-2H3,(H,18,19). The van der Waals surface area contributed by atoms with Crippen molar-refractivity contribution in [3.63, 3.8) is 0 Å². The Kier molecular flexibility index (Phi) is 7.95. The number of nitrogens with one attached hydrogen (secondary N) is 1. The number of anilines is 1. The van der Waals surface area contributed by atoms with Gasteiger partial charge in [-0.25, -0.2) is 0 Å². The minimum absolute atomic E-state index is 0.106. The van der Waals surface area contributed by atoms with Crippen molar-refractivity contribution in [2.45, 2.75) is 65.2 Å². The molecule has 0 aliphatic rings.